The Morgan fingerprint density at radius 2 is 1.96 bits per heavy atom. The van der Waals surface area contributed by atoms with E-state index in [1.165, 1.54) is 0 Å². The van der Waals surface area contributed by atoms with Gasteiger partial charge in [-0.3, -0.25) is 14.3 Å². The molecule has 0 bridgehead atoms. The van der Waals surface area contributed by atoms with E-state index in [0.717, 1.165) is 30.6 Å². The van der Waals surface area contributed by atoms with Crippen LogP contribution in [0.4, 0.5) is 0 Å². The highest BCUT2D eigenvalue weighted by Gasteiger charge is 2.27. The van der Waals surface area contributed by atoms with Crippen LogP contribution in [0.5, 0.6) is 0 Å². The second kappa shape index (κ2) is 9.21. The molecule has 1 saturated heterocycles. The highest BCUT2D eigenvalue weighted by molar-refractivity contribution is 6.31. The molecular formula is C19H29ClN4O2. The van der Waals surface area contributed by atoms with Gasteiger partial charge in [-0.25, -0.2) is 0 Å². The fourth-order valence-electron chi connectivity index (χ4n) is 3.18. The molecule has 26 heavy (non-hydrogen) atoms. The van der Waals surface area contributed by atoms with E-state index in [4.69, 9.17) is 11.6 Å². The van der Waals surface area contributed by atoms with Crippen molar-refractivity contribution in [2.45, 2.75) is 46.1 Å². The summed E-state index contributed by atoms with van der Waals surface area (Å²) in [7, 11) is 3.55. The van der Waals surface area contributed by atoms with Gasteiger partial charge in [-0.2, -0.15) is 5.10 Å². The summed E-state index contributed by atoms with van der Waals surface area (Å²) in [5.41, 5.74) is 1.62. The van der Waals surface area contributed by atoms with E-state index < -0.39 is 0 Å². The average Bonchev–Trinajstić information content (AvgIpc) is 2.90. The Morgan fingerprint density at radius 1 is 1.31 bits per heavy atom. The fraction of sp³-hybridized carbons (Fsp3) is 0.632. The normalized spacial score (nSPS) is 15.7. The minimum Gasteiger partial charge on any atom is -0.349 e. The van der Waals surface area contributed by atoms with Gasteiger partial charge in [0.25, 0.3) is 0 Å². The number of aromatic nitrogens is 2. The van der Waals surface area contributed by atoms with E-state index in [1.807, 2.05) is 6.92 Å². The summed E-state index contributed by atoms with van der Waals surface area (Å²) >= 11 is 6.40. The standard InChI is InChI=1S/C19H29ClN4O2/c1-5-6-11-24-18(20)16(14(2)21-24)7-8-17(25)23-12-9-15(10-13-23)19(26)22(3)4/h7-8,15H,5-6,9-13H2,1-4H3. The van der Waals surface area contributed by atoms with Crippen LogP contribution in [0, 0.1) is 12.8 Å². The topological polar surface area (TPSA) is 58.4 Å². The van der Waals surface area contributed by atoms with Crippen LogP contribution in [0.2, 0.25) is 5.15 Å². The molecule has 0 radical (unpaired) electrons. The van der Waals surface area contributed by atoms with Crippen LogP contribution >= 0.6 is 11.6 Å². The molecule has 0 aliphatic carbocycles. The van der Waals surface area contributed by atoms with Crippen LogP contribution in [0.1, 0.15) is 43.9 Å². The quantitative estimate of drug-likeness (QED) is 0.713. The highest BCUT2D eigenvalue weighted by Crippen LogP contribution is 2.23. The number of carbonyl (C=O) groups excluding carboxylic acids is 2. The van der Waals surface area contributed by atoms with Crippen LogP contribution in [0.3, 0.4) is 0 Å². The van der Waals surface area contributed by atoms with Gasteiger partial charge < -0.3 is 9.80 Å². The molecule has 144 valence electrons. The first kappa shape index (κ1) is 20.5. The van der Waals surface area contributed by atoms with Crippen molar-refractivity contribution in [2.75, 3.05) is 27.2 Å². The molecule has 0 atom stereocenters. The van der Waals surface area contributed by atoms with Crippen molar-refractivity contribution >= 4 is 29.5 Å². The Labute approximate surface area is 160 Å². The van der Waals surface area contributed by atoms with Gasteiger partial charge in [0.1, 0.15) is 5.15 Å². The predicted molar refractivity (Wildman–Crippen MR) is 104 cm³/mol. The van der Waals surface area contributed by atoms with Gasteiger partial charge in [0, 0.05) is 51.3 Å². The maximum atomic E-state index is 12.5. The number of carbonyl (C=O) groups is 2. The Kier molecular flexibility index (Phi) is 7.26. The Bertz CT molecular complexity index is 673. The number of rotatable bonds is 6. The number of piperidine rings is 1. The molecule has 0 saturated carbocycles. The summed E-state index contributed by atoms with van der Waals surface area (Å²) < 4.78 is 1.79. The maximum Gasteiger partial charge on any atom is 0.246 e. The summed E-state index contributed by atoms with van der Waals surface area (Å²) in [4.78, 5) is 27.9. The largest absolute Gasteiger partial charge is 0.349 e. The fourth-order valence-corrected chi connectivity index (χ4v) is 3.51. The molecule has 1 aromatic heterocycles. The molecule has 0 unspecified atom stereocenters. The molecule has 6 nitrogen and oxygen atoms in total. The first-order chi connectivity index (χ1) is 12.3. The molecule has 0 aromatic carbocycles. The van der Waals surface area contributed by atoms with Gasteiger partial charge in [-0.15, -0.1) is 0 Å². The molecule has 1 fully saturated rings. The molecule has 7 heteroatoms. The number of aryl methyl sites for hydroxylation is 2. The minimum atomic E-state index is -0.0440. The summed E-state index contributed by atoms with van der Waals surface area (Å²) in [6.07, 6.45) is 6.84. The van der Waals surface area contributed by atoms with E-state index >= 15 is 0 Å². The van der Waals surface area contributed by atoms with Crippen molar-refractivity contribution in [3.05, 3.63) is 22.5 Å². The zero-order chi connectivity index (χ0) is 19.3. The zero-order valence-electron chi connectivity index (χ0n) is 16.2. The molecule has 2 heterocycles. The Balaban J connectivity index is 1.96. The van der Waals surface area contributed by atoms with E-state index in [2.05, 4.69) is 12.0 Å². The summed E-state index contributed by atoms with van der Waals surface area (Å²) in [6, 6.07) is 0. The molecule has 1 aliphatic rings. The van der Waals surface area contributed by atoms with Crippen molar-refractivity contribution in [3.8, 4) is 0 Å². The first-order valence-electron chi connectivity index (χ1n) is 9.26. The zero-order valence-corrected chi connectivity index (χ0v) is 16.9. The highest BCUT2D eigenvalue weighted by atomic mass is 35.5. The Morgan fingerprint density at radius 3 is 2.54 bits per heavy atom. The van der Waals surface area contributed by atoms with Gasteiger partial charge in [-0.05, 0) is 32.3 Å². The van der Waals surface area contributed by atoms with Gasteiger partial charge in [0.15, 0.2) is 0 Å². The van der Waals surface area contributed by atoms with E-state index in [-0.39, 0.29) is 17.7 Å². The number of nitrogens with zero attached hydrogens (tertiary/aromatic N) is 4. The molecular weight excluding hydrogens is 352 g/mol. The molecule has 1 aliphatic heterocycles. The van der Waals surface area contributed by atoms with Crippen molar-refractivity contribution in [3.63, 3.8) is 0 Å². The number of hydrogen-bond acceptors (Lipinski definition) is 3. The predicted octanol–water partition coefficient (Wildman–Crippen LogP) is 2.99. The molecule has 0 spiro atoms. The van der Waals surface area contributed by atoms with Crippen molar-refractivity contribution in [2.24, 2.45) is 5.92 Å². The monoisotopic (exact) mass is 380 g/mol. The summed E-state index contributed by atoms with van der Waals surface area (Å²) in [5, 5.41) is 5.03. The lowest BCUT2D eigenvalue weighted by Gasteiger charge is -2.31. The van der Waals surface area contributed by atoms with Gasteiger partial charge in [0.05, 0.1) is 5.69 Å². The number of likely N-dealkylation sites (tertiary alicyclic amines) is 1. The lowest BCUT2D eigenvalue weighted by Crippen LogP contribution is -2.42. The van der Waals surface area contributed by atoms with Crippen molar-refractivity contribution in [1.82, 2.24) is 19.6 Å². The molecule has 0 N–H and O–H groups in total. The molecule has 2 rings (SSSR count). The number of halogens is 1. The third-order valence-electron chi connectivity index (χ3n) is 4.82. The third kappa shape index (κ3) is 4.87. The van der Waals surface area contributed by atoms with Crippen LogP contribution in [-0.2, 0) is 16.1 Å². The van der Waals surface area contributed by atoms with Crippen LogP contribution in [0.25, 0.3) is 6.08 Å². The second-order valence-electron chi connectivity index (χ2n) is 7.03. The van der Waals surface area contributed by atoms with Crippen molar-refractivity contribution in [1.29, 1.82) is 0 Å². The van der Waals surface area contributed by atoms with Crippen LogP contribution in [-0.4, -0.2) is 58.6 Å². The Hall–Kier alpha value is -1.82. The molecule has 2 amide bonds. The SMILES string of the molecule is CCCCn1nc(C)c(C=CC(=O)N2CCC(C(=O)N(C)C)CC2)c1Cl. The number of hydrogen-bond donors (Lipinski definition) is 0. The average molecular weight is 381 g/mol. The smallest absolute Gasteiger partial charge is 0.246 e. The van der Waals surface area contributed by atoms with Crippen LogP contribution < -0.4 is 0 Å². The number of amides is 2. The number of unbranched alkanes of at least 4 members (excludes halogenated alkanes) is 1. The summed E-state index contributed by atoms with van der Waals surface area (Å²) in [5.74, 6) is 0.124. The third-order valence-corrected chi connectivity index (χ3v) is 5.22. The lowest BCUT2D eigenvalue weighted by molar-refractivity contribution is -0.137. The second-order valence-corrected chi connectivity index (χ2v) is 7.39. The van der Waals surface area contributed by atoms with Gasteiger partial charge in [-0.1, -0.05) is 24.9 Å². The summed E-state index contributed by atoms with van der Waals surface area (Å²) in [6.45, 7) is 6.02. The van der Waals surface area contributed by atoms with Gasteiger partial charge >= 0.3 is 0 Å². The van der Waals surface area contributed by atoms with E-state index in [0.29, 0.717) is 31.1 Å². The molecule has 1 aromatic rings. The van der Waals surface area contributed by atoms with E-state index in [9.17, 15) is 9.59 Å². The maximum absolute atomic E-state index is 12.5. The van der Waals surface area contributed by atoms with Crippen molar-refractivity contribution < 1.29 is 9.59 Å². The first-order valence-corrected chi connectivity index (χ1v) is 9.64. The van der Waals surface area contributed by atoms with Crippen LogP contribution in [0.15, 0.2) is 6.08 Å². The minimum absolute atomic E-state index is 0.0199. The van der Waals surface area contributed by atoms with E-state index in [1.54, 1.807) is 40.7 Å². The lowest BCUT2D eigenvalue weighted by atomic mass is 9.95. The van der Waals surface area contributed by atoms with Gasteiger partial charge in [0.2, 0.25) is 11.8 Å².